The molecular weight excluding hydrogens is 275 g/mol. The van der Waals surface area contributed by atoms with Crippen LogP contribution in [0.4, 0.5) is 19.1 Å². The van der Waals surface area contributed by atoms with Crippen molar-refractivity contribution in [3.05, 3.63) is 29.6 Å². The van der Waals surface area contributed by atoms with E-state index in [1.165, 1.54) is 16.7 Å². The molecule has 0 saturated carbocycles. The number of hydrogen-bond acceptors (Lipinski definition) is 5. The summed E-state index contributed by atoms with van der Waals surface area (Å²) in [6.45, 7) is 1.68. The van der Waals surface area contributed by atoms with Crippen molar-refractivity contribution in [3.63, 3.8) is 0 Å². The highest BCUT2D eigenvalue weighted by Crippen LogP contribution is 2.30. The Morgan fingerprint density at radius 3 is 2.60 bits per heavy atom. The lowest BCUT2D eigenvalue weighted by Gasteiger charge is -2.05. The second-order valence-corrected chi connectivity index (χ2v) is 4.15. The van der Waals surface area contributed by atoms with Crippen LogP contribution >= 0.6 is 0 Å². The maximum absolute atomic E-state index is 12.7. The van der Waals surface area contributed by atoms with Crippen LogP contribution in [0.2, 0.25) is 0 Å². The summed E-state index contributed by atoms with van der Waals surface area (Å²) in [4.78, 5) is 7.51. The van der Waals surface area contributed by atoms with E-state index in [0.717, 1.165) is 6.07 Å². The Balaban J connectivity index is 2.28. The molecule has 20 heavy (non-hydrogen) atoms. The fourth-order valence-corrected chi connectivity index (χ4v) is 1.81. The third-order valence-corrected chi connectivity index (χ3v) is 2.66. The van der Waals surface area contributed by atoms with Crippen molar-refractivity contribution in [1.29, 1.82) is 0 Å². The van der Waals surface area contributed by atoms with Crippen molar-refractivity contribution >= 4 is 17.1 Å². The van der Waals surface area contributed by atoms with Crippen molar-refractivity contribution in [2.75, 3.05) is 5.73 Å². The van der Waals surface area contributed by atoms with E-state index < -0.39 is 11.9 Å². The maximum atomic E-state index is 12.7. The molecule has 9 heteroatoms. The minimum atomic E-state index is -4.55. The number of halogens is 3. The number of anilines is 1. The van der Waals surface area contributed by atoms with Gasteiger partial charge in [0, 0.05) is 6.07 Å². The molecule has 3 aromatic rings. The average Bonchev–Trinajstić information content (AvgIpc) is 2.89. The molecule has 3 rings (SSSR count). The number of alkyl halides is 3. The van der Waals surface area contributed by atoms with E-state index >= 15 is 0 Å². The van der Waals surface area contributed by atoms with Crippen LogP contribution < -0.4 is 5.73 Å². The smallest absolute Gasteiger partial charge is 0.369 e. The van der Waals surface area contributed by atoms with Crippen molar-refractivity contribution in [1.82, 2.24) is 19.7 Å². The molecule has 0 spiro atoms. The number of hydrogen-bond donors (Lipinski definition) is 1. The first kappa shape index (κ1) is 12.5. The fourth-order valence-electron chi connectivity index (χ4n) is 1.81. The van der Waals surface area contributed by atoms with E-state index in [9.17, 15) is 13.2 Å². The minimum Gasteiger partial charge on any atom is -0.369 e. The minimum absolute atomic E-state index is 0.0250. The lowest BCUT2D eigenvalue weighted by molar-refractivity contribution is -0.141. The molecule has 0 aliphatic heterocycles. The Hall–Kier alpha value is -2.58. The van der Waals surface area contributed by atoms with E-state index in [0.29, 0.717) is 5.69 Å². The van der Waals surface area contributed by atoms with Gasteiger partial charge in [-0.1, -0.05) is 5.16 Å². The van der Waals surface area contributed by atoms with Crippen LogP contribution in [-0.4, -0.2) is 19.7 Å². The molecule has 0 radical (unpaired) electrons. The van der Waals surface area contributed by atoms with Crippen LogP contribution in [-0.2, 0) is 6.18 Å². The summed E-state index contributed by atoms with van der Waals surface area (Å²) in [6, 6.07) is 3.59. The van der Waals surface area contributed by atoms with Crippen molar-refractivity contribution in [2.45, 2.75) is 13.1 Å². The van der Waals surface area contributed by atoms with Gasteiger partial charge in [0.1, 0.15) is 11.2 Å². The van der Waals surface area contributed by atoms with E-state index in [-0.39, 0.29) is 23.0 Å². The summed E-state index contributed by atoms with van der Waals surface area (Å²) in [6.07, 6.45) is -4.55. The molecule has 0 aromatic carbocycles. The number of nitrogens with zero attached hydrogens (tertiary/aromatic N) is 4. The van der Waals surface area contributed by atoms with E-state index in [4.69, 9.17) is 10.3 Å². The monoisotopic (exact) mass is 283 g/mol. The quantitative estimate of drug-likeness (QED) is 0.741. The second kappa shape index (κ2) is 3.95. The highest BCUT2D eigenvalue weighted by Gasteiger charge is 2.33. The molecule has 6 nitrogen and oxygen atoms in total. The van der Waals surface area contributed by atoms with Crippen LogP contribution in [0.3, 0.4) is 0 Å². The molecular formula is C11H8F3N5O. The van der Waals surface area contributed by atoms with Gasteiger partial charge in [-0.2, -0.15) is 13.2 Å². The number of rotatable bonds is 1. The normalized spacial score (nSPS) is 12.2. The number of pyridine rings is 1. The lowest BCUT2D eigenvalue weighted by atomic mass is 10.3. The van der Waals surface area contributed by atoms with Gasteiger partial charge in [-0.3, -0.25) is 0 Å². The maximum Gasteiger partial charge on any atom is 0.433 e. The number of aromatic nitrogens is 4. The van der Waals surface area contributed by atoms with Gasteiger partial charge < -0.3 is 10.3 Å². The predicted octanol–water partition coefficient (Wildman–Crippen LogP) is 2.32. The van der Waals surface area contributed by atoms with E-state index in [2.05, 4.69) is 15.1 Å². The van der Waals surface area contributed by atoms with Crippen LogP contribution in [0.1, 0.15) is 11.4 Å². The molecule has 104 valence electrons. The zero-order valence-corrected chi connectivity index (χ0v) is 10.1. The Morgan fingerprint density at radius 1 is 1.25 bits per heavy atom. The van der Waals surface area contributed by atoms with Crippen molar-refractivity contribution in [3.8, 4) is 5.88 Å². The van der Waals surface area contributed by atoms with Crippen LogP contribution in [0.5, 0.6) is 0 Å². The zero-order chi connectivity index (χ0) is 14.5. The van der Waals surface area contributed by atoms with Gasteiger partial charge in [-0.15, -0.1) is 0 Å². The van der Waals surface area contributed by atoms with Gasteiger partial charge in [0.05, 0.1) is 5.69 Å². The van der Waals surface area contributed by atoms with Crippen LogP contribution in [0.15, 0.2) is 22.7 Å². The molecule has 0 bridgehead atoms. The molecule has 2 N–H and O–H groups in total. The van der Waals surface area contributed by atoms with Crippen LogP contribution in [0.25, 0.3) is 17.0 Å². The Labute approximate surface area is 110 Å². The molecule has 3 heterocycles. The molecule has 0 unspecified atom stereocenters. The first-order chi connectivity index (χ1) is 9.36. The topological polar surface area (TPSA) is 82.8 Å². The molecule has 0 aliphatic carbocycles. The number of imidazole rings is 1. The predicted molar refractivity (Wildman–Crippen MR) is 63.1 cm³/mol. The Morgan fingerprint density at radius 2 is 2.00 bits per heavy atom. The molecule has 0 aliphatic rings. The second-order valence-electron chi connectivity index (χ2n) is 4.15. The summed E-state index contributed by atoms with van der Waals surface area (Å²) in [7, 11) is 0. The number of fused-ring (bicyclic) bond motifs is 1. The highest BCUT2D eigenvalue weighted by atomic mass is 19.4. The summed E-state index contributed by atoms with van der Waals surface area (Å²) < 4.78 is 44.3. The molecule has 3 aromatic heterocycles. The fraction of sp³-hybridized carbons (Fsp3) is 0.182. The van der Waals surface area contributed by atoms with Gasteiger partial charge in [-0.25, -0.2) is 14.5 Å². The van der Waals surface area contributed by atoms with Gasteiger partial charge in [0.15, 0.2) is 5.65 Å². The largest absolute Gasteiger partial charge is 0.433 e. The lowest BCUT2D eigenvalue weighted by Crippen LogP contribution is -2.08. The van der Waals surface area contributed by atoms with Crippen molar-refractivity contribution < 1.29 is 17.7 Å². The molecule has 0 fully saturated rings. The van der Waals surface area contributed by atoms with Gasteiger partial charge >= 0.3 is 6.18 Å². The van der Waals surface area contributed by atoms with E-state index in [1.54, 1.807) is 6.92 Å². The summed E-state index contributed by atoms with van der Waals surface area (Å²) >= 11 is 0. The van der Waals surface area contributed by atoms with Gasteiger partial charge in [0.2, 0.25) is 11.8 Å². The number of aryl methyl sites for hydroxylation is 1. The summed E-state index contributed by atoms with van der Waals surface area (Å²) in [5.74, 6) is 0.136. The van der Waals surface area contributed by atoms with Crippen LogP contribution in [0, 0.1) is 6.92 Å². The SMILES string of the molecule is Cc1cc(-n2c(N)nc3ccc(C(F)(F)F)nc32)on1. The van der Waals surface area contributed by atoms with E-state index in [1.807, 2.05) is 0 Å². The standard InChI is InChI=1S/C11H8F3N5O/c1-5-4-8(20-18-5)19-9-6(16-10(19)15)2-3-7(17-9)11(12,13)14/h2-4H,1H3,(H2,15,16). The molecule has 0 amide bonds. The Bertz CT molecular complexity index is 789. The summed E-state index contributed by atoms with van der Waals surface area (Å²) in [5, 5.41) is 3.66. The third kappa shape index (κ3) is 1.87. The first-order valence-electron chi connectivity index (χ1n) is 5.52. The zero-order valence-electron chi connectivity index (χ0n) is 10.1. The molecule has 0 saturated heterocycles. The first-order valence-corrected chi connectivity index (χ1v) is 5.52. The summed E-state index contributed by atoms with van der Waals surface area (Å²) in [5.41, 5.74) is 5.44. The molecule has 0 atom stereocenters. The van der Waals surface area contributed by atoms with Gasteiger partial charge in [-0.05, 0) is 19.1 Å². The average molecular weight is 283 g/mol. The number of nitrogen functional groups attached to an aromatic ring is 1. The Kier molecular flexibility index (Phi) is 2.46. The van der Waals surface area contributed by atoms with Crippen molar-refractivity contribution in [2.24, 2.45) is 0 Å². The highest BCUT2D eigenvalue weighted by molar-refractivity contribution is 5.76. The van der Waals surface area contributed by atoms with Gasteiger partial charge in [0.25, 0.3) is 0 Å². The number of nitrogens with two attached hydrogens (primary N) is 1. The third-order valence-electron chi connectivity index (χ3n) is 2.66.